The van der Waals surface area contributed by atoms with Crippen LogP contribution in [0.1, 0.15) is 59.8 Å². The number of ether oxygens (including phenoxy) is 1. The normalized spacial score (nSPS) is 25.9. The van der Waals surface area contributed by atoms with Gasteiger partial charge in [-0.1, -0.05) is 56.2 Å². The number of alkyl halides is 1. The highest BCUT2D eigenvalue weighted by Gasteiger charge is 2.56. The number of esters is 1. The number of carbonyl (C=O) groups is 2. The number of halogens is 1. The molecule has 0 N–H and O–H groups in total. The molecule has 27 heavy (non-hydrogen) atoms. The maximum atomic E-state index is 12.7. The fourth-order valence-electron chi connectivity index (χ4n) is 3.36. The van der Waals surface area contributed by atoms with Gasteiger partial charge >= 0.3 is 5.97 Å². The van der Waals surface area contributed by atoms with E-state index in [9.17, 15) is 9.59 Å². The number of ketones is 1. The summed E-state index contributed by atoms with van der Waals surface area (Å²) < 4.78 is 12.0. The Morgan fingerprint density at radius 2 is 1.96 bits per heavy atom. The van der Waals surface area contributed by atoms with Crippen LogP contribution in [0.2, 0.25) is 18.1 Å². The predicted molar refractivity (Wildman–Crippen MR) is 120 cm³/mol. The number of hydrogen-bond donors (Lipinski definition) is 0. The monoisotopic (exact) mass is 506 g/mol. The molecule has 0 bridgehead atoms. The van der Waals surface area contributed by atoms with Crippen molar-refractivity contribution >= 4 is 42.7 Å². The van der Waals surface area contributed by atoms with E-state index in [2.05, 4.69) is 80.0 Å². The smallest absolute Gasteiger partial charge is 0.384 e. The Balaban J connectivity index is 2.96. The lowest BCUT2D eigenvalue weighted by Gasteiger charge is -2.45. The quantitative estimate of drug-likeness (QED) is 0.0912. The number of hydrogen-bond acceptors (Lipinski definition) is 4. The molecule has 4 nitrogen and oxygen atoms in total. The molecule has 1 fully saturated rings. The van der Waals surface area contributed by atoms with Crippen LogP contribution in [0.25, 0.3) is 0 Å². The molecule has 0 aliphatic heterocycles. The summed E-state index contributed by atoms with van der Waals surface area (Å²) in [4.78, 5) is 23.9. The molecular weight excluding hydrogens is 471 g/mol. The largest absolute Gasteiger partial charge is 0.459 e. The molecule has 0 radical (unpaired) electrons. The van der Waals surface area contributed by atoms with E-state index in [1.807, 2.05) is 0 Å². The lowest BCUT2D eigenvalue weighted by Crippen LogP contribution is -2.49. The average molecular weight is 506 g/mol. The van der Waals surface area contributed by atoms with Crippen molar-refractivity contribution in [3.05, 3.63) is 0 Å². The highest BCUT2D eigenvalue weighted by Crippen LogP contribution is 2.55. The van der Waals surface area contributed by atoms with Crippen LogP contribution >= 0.6 is 22.6 Å². The first kappa shape index (κ1) is 24.6. The van der Waals surface area contributed by atoms with Crippen LogP contribution in [-0.2, 0) is 18.8 Å². The third-order valence-corrected chi connectivity index (χ3v) is 12.7. The summed E-state index contributed by atoms with van der Waals surface area (Å²) in [5.74, 6) is 5.23. The van der Waals surface area contributed by atoms with Gasteiger partial charge in [0.2, 0.25) is 0 Å². The van der Waals surface area contributed by atoms with E-state index >= 15 is 0 Å². The first-order valence-corrected chi connectivity index (χ1v) is 14.1. The van der Waals surface area contributed by atoms with Crippen LogP contribution in [0, 0.1) is 22.7 Å². The molecule has 0 unspecified atom stereocenters. The summed E-state index contributed by atoms with van der Waals surface area (Å²) in [6, 6.07) is 0. The molecular formula is C21H35IO4Si. The Morgan fingerprint density at radius 1 is 1.33 bits per heavy atom. The highest BCUT2D eigenvalue weighted by molar-refractivity contribution is 14.1. The van der Waals surface area contributed by atoms with E-state index in [0.717, 1.165) is 23.7 Å². The molecule has 1 aliphatic carbocycles. The average Bonchev–Trinajstić information content (AvgIpc) is 2.84. The summed E-state index contributed by atoms with van der Waals surface area (Å²) in [7, 11) is -0.560. The summed E-state index contributed by atoms with van der Waals surface area (Å²) in [6.07, 6.45) is 3.88. The molecule has 0 saturated heterocycles. The zero-order valence-corrected chi connectivity index (χ0v) is 21.1. The van der Waals surface area contributed by atoms with E-state index < -0.39 is 14.3 Å². The highest BCUT2D eigenvalue weighted by atomic mass is 127. The molecule has 0 spiro atoms. The third-order valence-electron chi connectivity index (χ3n) is 6.73. The van der Waals surface area contributed by atoms with E-state index in [0.29, 0.717) is 25.2 Å². The van der Waals surface area contributed by atoms with E-state index in [1.54, 1.807) is 0 Å². The van der Waals surface area contributed by atoms with Crippen molar-refractivity contribution < 1.29 is 18.8 Å². The summed E-state index contributed by atoms with van der Waals surface area (Å²) in [6.45, 7) is 14.0. The van der Waals surface area contributed by atoms with Gasteiger partial charge in [-0.25, -0.2) is 4.79 Å². The number of methoxy groups -OCH3 is 1. The van der Waals surface area contributed by atoms with Crippen molar-refractivity contribution in [3.63, 3.8) is 0 Å². The second-order valence-electron chi connectivity index (χ2n) is 9.37. The zero-order chi connectivity index (χ0) is 20.9. The summed E-state index contributed by atoms with van der Waals surface area (Å²) >= 11 is 2.35. The van der Waals surface area contributed by atoms with Gasteiger partial charge in [0, 0.05) is 40.6 Å². The van der Waals surface area contributed by atoms with Crippen molar-refractivity contribution in [2.45, 2.75) is 77.9 Å². The van der Waals surface area contributed by atoms with E-state index in [1.165, 1.54) is 7.11 Å². The summed E-state index contributed by atoms with van der Waals surface area (Å²) in [5.41, 5.74) is -0.501. The predicted octanol–water partition coefficient (Wildman–Crippen LogP) is 5.15. The van der Waals surface area contributed by atoms with Crippen molar-refractivity contribution in [3.8, 4) is 11.8 Å². The second kappa shape index (κ2) is 9.40. The Morgan fingerprint density at radius 3 is 2.48 bits per heavy atom. The number of unbranched alkanes of at least 4 members (excludes halogenated alkanes) is 1. The fraction of sp³-hybridized carbons (Fsp3) is 0.810. The molecule has 6 heteroatoms. The number of rotatable bonds is 7. The lowest BCUT2D eigenvalue weighted by molar-refractivity contribution is -0.133. The van der Waals surface area contributed by atoms with Crippen LogP contribution in [0.5, 0.6) is 0 Å². The van der Waals surface area contributed by atoms with Crippen LogP contribution in [0.15, 0.2) is 0 Å². The number of Topliss-reactive ketones (excluding diaryl/α,β-unsaturated/α-hetero) is 1. The van der Waals surface area contributed by atoms with Gasteiger partial charge in [-0.3, -0.25) is 4.79 Å². The molecule has 0 aromatic heterocycles. The van der Waals surface area contributed by atoms with Gasteiger partial charge in [0.1, 0.15) is 5.78 Å². The molecule has 154 valence electrons. The topological polar surface area (TPSA) is 52.6 Å². The Labute approximate surface area is 179 Å². The molecule has 2 atom stereocenters. The third kappa shape index (κ3) is 5.57. The molecule has 1 saturated carbocycles. The fourth-order valence-corrected chi connectivity index (χ4v) is 5.66. The molecule has 1 aliphatic rings. The SMILES string of the molecule is COC(=O)C#CCCC[C@@]1(CO[Si](C)(C)C(C)(C)C)CCC(=O)[C@@]1(C)CI. The first-order chi connectivity index (χ1) is 12.4. The Bertz CT molecular complexity index is 614. The molecule has 0 heterocycles. The van der Waals surface area contributed by atoms with Gasteiger partial charge in [0.15, 0.2) is 8.32 Å². The van der Waals surface area contributed by atoms with Crippen molar-refractivity contribution in [1.82, 2.24) is 0 Å². The molecule has 0 aromatic carbocycles. The van der Waals surface area contributed by atoms with Crippen LogP contribution in [-0.4, -0.2) is 38.2 Å². The maximum absolute atomic E-state index is 12.7. The molecule has 1 rings (SSSR count). The summed E-state index contributed by atoms with van der Waals surface area (Å²) in [5, 5.41) is 0.142. The van der Waals surface area contributed by atoms with Gasteiger partial charge in [-0.2, -0.15) is 0 Å². The van der Waals surface area contributed by atoms with Gasteiger partial charge in [-0.05, 0) is 37.4 Å². The van der Waals surface area contributed by atoms with E-state index in [4.69, 9.17) is 4.43 Å². The minimum Gasteiger partial charge on any atom is -0.459 e. The zero-order valence-electron chi connectivity index (χ0n) is 18.0. The van der Waals surface area contributed by atoms with Crippen LogP contribution in [0.3, 0.4) is 0 Å². The Kier molecular flexibility index (Phi) is 8.58. The first-order valence-electron chi connectivity index (χ1n) is 9.65. The van der Waals surface area contributed by atoms with Gasteiger partial charge in [-0.15, -0.1) is 0 Å². The van der Waals surface area contributed by atoms with Crippen LogP contribution < -0.4 is 0 Å². The van der Waals surface area contributed by atoms with Crippen molar-refractivity contribution in [2.24, 2.45) is 10.8 Å². The molecule has 0 aromatic rings. The van der Waals surface area contributed by atoms with Crippen LogP contribution in [0.4, 0.5) is 0 Å². The van der Waals surface area contributed by atoms with Crippen molar-refractivity contribution in [1.29, 1.82) is 0 Å². The van der Waals surface area contributed by atoms with Gasteiger partial charge in [0.05, 0.1) is 7.11 Å². The van der Waals surface area contributed by atoms with Crippen molar-refractivity contribution in [2.75, 3.05) is 18.1 Å². The standard InChI is InChI=1S/C21H35IO4Si/c1-19(2,3)27(6,7)26-16-21(13-10-8-9-11-18(24)25-5)14-12-17(23)20(21,4)15-22/h8,10,12-16H2,1-7H3/t20-,21+/m1/s1. The minimum absolute atomic E-state index is 0.142. The number of carbonyl (C=O) groups excluding carboxylic acids is 2. The van der Waals surface area contributed by atoms with Gasteiger partial charge in [0.25, 0.3) is 0 Å². The van der Waals surface area contributed by atoms with E-state index in [-0.39, 0.29) is 15.9 Å². The Hall–Kier alpha value is -0.393. The maximum Gasteiger partial charge on any atom is 0.384 e. The lowest BCUT2D eigenvalue weighted by atomic mass is 9.65. The van der Waals surface area contributed by atoms with Gasteiger partial charge < -0.3 is 9.16 Å². The molecule has 0 amide bonds. The minimum atomic E-state index is -1.89. The second-order valence-corrected chi connectivity index (χ2v) is 14.9.